The largest absolute Gasteiger partial charge is 0.356 e. The van der Waals surface area contributed by atoms with Crippen molar-refractivity contribution in [2.75, 3.05) is 18.2 Å². The molecular weight excluding hydrogens is 277 g/mol. The van der Waals surface area contributed by atoms with Crippen molar-refractivity contribution >= 4 is 5.69 Å². The standard InChI is InChI=1S/C19H22FNO/c1-3-14-5-7-15(8-6-14)18-10-9-16(11-19(18)20)21-12-17(4-2)22-13-21/h5-11,17H,3-4,12-13H2,1-2H3/t17-/m0/s1. The third-order valence-electron chi connectivity index (χ3n) is 4.34. The topological polar surface area (TPSA) is 12.5 Å². The maximum Gasteiger partial charge on any atom is 0.133 e. The second-order valence-electron chi connectivity index (χ2n) is 5.76. The molecule has 0 amide bonds. The molecular formula is C19H22FNO. The molecule has 1 aliphatic rings. The van der Waals surface area contributed by atoms with Crippen LogP contribution in [0.1, 0.15) is 25.8 Å². The Labute approximate surface area is 131 Å². The van der Waals surface area contributed by atoms with Gasteiger partial charge < -0.3 is 9.64 Å². The Morgan fingerprint density at radius 1 is 1.14 bits per heavy atom. The minimum absolute atomic E-state index is 0.179. The van der Waals surface area contributed by atoms with E-state index in [1.807, 2.05) is 24.3 Å². The average molecular weight is 299 g/mol. The van der Waals surface area contributed by atoms with Crippen LogP contribution < -0.4 is 4.90 Å². The first-order chi connectivity index (χ1) is 10.7. The van der Waals surface area contributed by atoms with E-state index in [1.54, 1.807) is 6.07 Å². The van der Waals surface area contributed by atoms with Gasteiger partial charge in [0.2, 0.25) is 0 Å². The van der Waals surface area contributed by atoms with E-state index in [-0.39, 0.29) is 11.9 Å². The number of nitrogens with zero attached hydrogens (tertiary/aromatic N) is 1. The number of hydrogen-bond donors (Lipinski definition) is 0. The van der Waals surface area contributed by atoms with Crippen LogP contribution in [0.4, 0.5) is 10.1 Å². The van der Waals surface area contributed by atoms with E-state index in [2.05, 4.69) is 30.9 Å². The fourth-order valence-corrected chi connectivity index (χ4v) is 2.83. The summed E-state index contributed by atoms with van der Waals surface area (Å²) in [6, 6.07) is 13.6. The van der Waals surface area contributed by atoms with Crippen LogP contribution in [0.2, 0.25) is 0 Å². The van der Waals surface area contributed by atoms with Crippen molar-refractivity contribution < 1.29 is 9.13 Å². The van der Waals surface area contributed by atoms with E-state index < -0.39 is 0 Å². The van der Waals surface area contributed by atoms with E-state index in [4.69, 9.17) is 4.74 Å². The SMILES string of the molecule is CCc1ccc(-c2ccc(N3CO[C@@H](CC)C3)cc2F)cc1. The molecule has 0 aromatic heterocycles. The highest BCUT2D eigenvalue weighted by molar-refractivity contribution is 5.67. The van der Waals surface area contributed by atoms with E-state index >= 15 is 0 Å². The molecule has 2 aromatic carbocycles. The molecule has 0 spiro atoms. The third kappa shape index (κ3) is 3.00. The lowest BCUT2D eigenvalue weighted by Crippen LogP contribution is -2.21. The monoisotopic (exact) mass is 299 g/mol. The minimum Gasteiger partial charge on any atom is -0.356 e. The quantitative estimate of drug-likeness (QED) is 0.816. The predicted octanol–water partition coefficient (Wildman–Crippen LogP) is 4.63. The summed E-state index contributed by atoms with van der Waals surface area (Å²) in [5.41, 5.74) is 3.73. The smallest absolute Gasteiger partial charge is 0.133 e. The van der Waals surface area contributed by atoms with Crippen LogP contribution in [0.25, 0.3) is 11.1 Å². The summed E-state index contributed by atoms with van der Waals surface area (Å²) in [6.45, 7) is 5.60. The number of rotatable bonds is 4. The first-order valence-corrected chi connectivity index (χ1v) is 7.96. The molecule has 0 saturated carbocycles. The van der Waals surface area contributed by atoms with E-state index in [0.29, 0.717) is 12.3 Å². The fraction of sp³-hybridized carbons (Fsp3) is 0.368. The van der Waals surface area contributed by atoms with Crippen LogP contribution in [0, 0.1) is 5.82 Å². The molecule has 2 aromatic rings. The van der Waals surface area contributed by atoms with Gasteiger partial charge in [-0.1, -0.05) is 38.1 Å². The van der Waals surface area contributed by atoms with Crippen molar-refractivity contribution in [1.29, 1.82) is 0 Å². The fourth-order valence-electron chi connectivity index (χ4n) is 2.83. The van der Waals surface area contributed by atoms with Gasteiger partial charge in [0, 0.05) is 17.8 Å². The van der Waals surface area contributed by atoms with Gasteiger partial charge in [-0.05, 0) is 42.2 Å². The van der Waals surface area contributed by atoms with Crippen molar-refractivity contribution in [3.8, 4) is 11.1 Å². The zero-order valence-corrected chi connectivity index (χ0v) is 13.2. The molecule has 0 N–H and O–H groups in total. The molecule has 3 rings (SSSR count). The first-order valence-electron chi connectivity index (χ1n) is 7.96. The highest BCUT2D eigenvalue weighted by atomic mass is 19.1. The van der Waals surface area contributed by atoms with Crippen LogP contribution in [0.5, 0.6) is 0 Å². The van der Waals surface area contributed by atoms with Crippen LogP contribution in [0.15, 0.2) is 42.5 Å². The normalized spacial score (nSPS) is 18.0. The molecule has 0 bridgehead atoms. The van der Waals surface area contributed by atoms with Crippen LogP contribution in [-0.2, 0) is 11.2 Å². The van der Waals surface area contributed by atoms with Gasteiger partial charge in [-0.25, -0.2) is 4.39 Å². The molecule has 0 unspecified atom stereocenters. The zero-order valence-electron chi connectivity index (χ0n) is 13.2. The molecule has 0 aliphatic carbocycles. The van der Waals surface area contributed by atoms with Crippen molar-refractivity contribution in [2.24, 2.45) is 0 Å². The zero-order chi connectivity index (χ0) is 15.5. The molecule has 1 aliphatic heterocycles. The lowest BCUT2D eigenvalue weighted by Gasteiger charge is -2.17. The minimum atomic E-state index is -0.179. The second-order valence-corrected chi connectivity index (χ2v) is 5.76. The summed E-state index contributed by atoms with van der Waals surface area (Å²) in [5, 5.41) is 0. The Morgan fingerprint density at radius 3 is 2.50 bits per heavy atom. The summed E-state index contributed by atoms with van der Waals surface area (Å²) in [6.07, 6.45) is 2.24. The number of anilines is 1. The highest BCUT2D eigenvalue weighted by Crippen LogP contribution is 2.29. The van der Waals surface area contributed by atoms with Crippen LogP contribution >= 0.6 is 0 Å². The molecule has 116 valence electrons. The summed E-state index contributed by atoms with van der Waals surface area (Å²) >= 11 is 0. The maximum absolute atomic E-state index is 14.5. The molecule has 3 heteroatoms. The van der Waals surface area contributed by atoms with Gasteiger partial charge in [0.1, 0.15) is 12.5 Å². The maximum atomic E-state index is 14.5. The Bertz CT molecular complexity index is 638. The van der Waals surface area contributed by atoms with Crippen molar-refractivity contribution in [1.82, 2.24) is 0 Å². The molecule has 0 radical (unpaired) electrons. The Morgan fingerprint density at radius 2 is 1.91 bits per heavy atom. The highest BCUT2D eigenvalue weighted by Gasteiger charge is 2.22. The van der Waals surface area contributed by atoms with Gasteiger partial charge in [-0.3, -0.25) is 0 Å². The number of halogens is 1. The second kappa shape index (κ2) is 6.49. The molecule has 2 nitrogen and oxygen atoms in total. The number of aryl methyl sites for hydroxylation is 1. The van der Waals surface area contributed by atoms with Gasteiger partial charge in [0.15, 0.2) is 0 Å². The average Bonchev–Trinajstić information content (AvgIpc) is 3.04. The van der Waals surface area contributed by atoms with E-state index in [0.717, 1.165) is 30.6 Å². The lowest BCUT2D eigenvalue weighted by molar-refractivity contribution is 0.113. The van der Waals surface area contributed by atoms with E-state index in [1.165, 1.54) is 5.56 Å². The molecule has 1 fully saturated rings. The van der Waals surface area contributed by atoms with E-state index in [9.17, 15) is 4.39 Å². The first kappa shape index (κ1) is 15.0. The molecule has 22 heavy (non-hydrogen) atoms. The Balaban J connectivity index is 1.82. The van der Waals surface area contributed by atoms with Crippen molar-refractivity contribution in [2.45, 2.75) is 32.8 Å². The molecule has 1 atom stereocenters. The van der Waals surface area contributed by atoms with Gasteiger partial charge >= 0.3 is 0 Å². The summed E-state index contributed by atoms with van der Waals surface area (Å²) in [5.74, 6) is -0.179. The molecule has 1 heterocycles. The Hall–Kier alpha value is -1.87. The van der Waals surface area contributed by atoms with Crippen LogP contribution in [-0.4, -0.2) is 19.4 Å². The van der Waals surface area contributed by atoms with Crippen molar-refractivity contribution in [3.63, 3.8) is 0 Å². The third-order valence-corrected chi connectivity index (χ3v) is 4.34. The molecule has 1 saturated heterocycles. The predicted molar refractivity (Wildman–Crippen MR) is 88.6 cm³/mol. The van der Waals surface area contributed by atoms with Gasteiger partial charge in [-0.15, -0.1) is 0 Å². The number of benzene rings is 2. The number of ether oxygens (including phenoxy) is 1. The summed E-state index contributed by atoms with van der Waals surface area (Å²) < 4.78 is 20.1. The summed E-state index contributed by atoms with van der Waals surface area (Å²) in [4.78, 5) is 2.08. The van der Waals surface area contributed by atoms with Gasteiger partial charge in [0.05, 0.1) is 6.10 Å². The van der Waals surface area contributed by atoms with Crippen molar-refractivity contribution in [3.05, 3.63) is 53.8 Å². The number of hydrogen-bond acceptors (Lipinski definition) is 2. The van der Waals surface area contributed by atoms with Crippen LogP contribution in [0.3, 0.4) is 0 Å². The summed E-state index contributed by atoms with van der Waals surface area (Å²) in [7, 11) is 0. The van der Waals surface area contributed by atoms with Gasteiger partial charge in [-0.2, -0.15) is 0 Å². The van der Waals surface area contributed by atoms with Gasteiger partial charge in [0.25, 0.3) is 0 Å². The Kier molecular flexibility index (Phi) is 4.44. The lowest BCUT2D eigenvalue weighted by atomic mass is 10.0.